The molecule has 1 unspecified atom stereocenters. The second-order valence-corrected chi connectivity index (χ2v) is 9.72. The minimum atomic E-state index is -0.728. The fourth-order valence-corrected chi connectivity index (χ4v) is 5.15. The molecule has 1 aromatic carbocycles. The molecule has 0 radical (unpaired) electrons. The van der Waals surface area contributed by atoms with E-state index in [4.69, 9.17) is 13.9 Å². The van der Waals surface area contributed by atoms with Crippen molar-refractivity contribution in [1.29, 1.82) is 0 Å². The van der Waals surface area contributed by atoms with E-state index in [1.807, 2.05) is 44.2 Å². The number of furan rings is 1. The topological polar surface area (TPSA) is 83.0 Å². The number of ether oxygens (including phenoxy) is 2. The number of para-hydroxylation sites is 1. The van der Waals surface area contributed by atoms with Gasteiger partial charge in [0, 0.05) is 11.6 Å². The second-order valence-electron chi connectivity index (χ2n) is 7.65. The summed E-state index contributed by atoms with van der Waals surface area (Å²) in [5, 5.41) is 0. The molecule has 0 spiro atoms. The van der Waals surface area contributed by atoms with E-state index in [-0.39, 0.29) is 18.3 Å². The summed E-state index contributed by atoms with van der Waals surface area (Å²) in [6, 6.07) is 10.3. The molecule has 1 aliphatic rings. The number of esters is 1. The van der Waals surface area contributed by atoms with Crippen LogP contribution in [0.25, 0.3) is 6.08 Å². The molecule has 0 bridgehead atoms. The minimum absolute atomic E-state index is 0.0838. The largest absolute Gasteiger partial charge is 0.491 e. The smallest absolute Gasteiger partial charge is 0.338 e. The Morgan fingerprint density at radius 3 is 2.73 bits per heavy atom. The lowest BCUT2D eigenvalue weighted by atomic mass is 9.95. The van der Waals surface area contributed by atoms with E-state index in [0.717, 1.165) is 3.77 Å². The molecule has 1 aliphatic heterocycles. The van der Waals surface area contributed by atoms with Crippen LogP contribution in [0.4, 0.5) is 0 Å². The van der Waals surface area contributed by atoms with Crippen LogP contribution in [-0.2, 0) is 9.53 Å². The Kier molecular flexibility index (Phi) is 6.89. The summed E-state index contributed by atoms with van der Waals surface area (Å²) in [6.07, 6.45) is 1.61. The van der Waals surface area contributed by atoms with Crippen molar-refractivity contribution in [3.63, 3.8) is 0 Å². The van der Waals surface area contributed by atoms with Crippen molar-refractivity contribution in [1.82, 2.24) is 4.57 Å². The number of allylic oxidation sites excluding steroid dienone is 1. The van der Waals surface area contributed by atoms with E-state index in [1.165, 1.54) is 11.3 Å². The van der Waals surface area contributed by atoms with Crippen molar-refractivity contribution in [2.75, 3.05) is 6.61 Å². The zero-order chi connectivity index (χ0) is 23.7. The zero-order valence-corrected chi connectivity index (χ0v) is 21.6. The van der Waals surface area contributed by atoms with E-state index < -0.39 is 12.0 Å². The van der Waals surface area contributed by atoms with Crippen LogP contribution in [0.5, 0.6) is 5.75 Å². The number of hydrogen-bond donors (Lipinski definition) is 0. The normalized spacial score (nSPS) is 16.1. The molecule has 1 atom stereocenters. The number of hydrogen-bond acceptors (Lipinski definition) is 7. The van der Waals surface area contributed by atoms with Gasteiger partial charge in [-0.3, -0.25) is 9.36 Å². The van der Waals surface area contributed by atoms with E-state index in [0.29, 0.717) is 37.7 Å². The van der Waals surface area contributed by atoms with Crippen LogP contribution in [0.15, 0.2) is 61.9 Å². The summed E-state index contributed by atoms with van der Waals surface area (Å²) in [6.45, 7) is 7.59. The number of aromatic nitrogens is 1. The van der Waals surface area contributed by atoms with Gasteiger partial charge in [-0.05, 0) is 68.5 Å². The predicted octanol–water partition coefficient (Wildman–Crippen LogP) is 3.78. The average Bonchev–Trinajstić information content (AvgIpc) is 3.30. The first-order valence-electron chi connectivity index (χ1n) is 10.5. The Bertz CT molecular complexity index is 1410. The molecule has 0 amide bonds. The maximum absolute atomic E-state index is 13.6. The maximum Gasteiger partial charge on any atom is 0.338 e. The SMILES string of the molecule is CCOC(=O)C1=C(C)N=c2s/c(=C\c3ccc(I)o3)c(=O)n2C1c1ccccc1OC(C)C. The monoisotopic (exact) mass is 578 g/mol. The highest BCUT2D eigenvalue weighted by Crippen LogP contribution is 2.36. The Morgan fingerprint density at radius 1 is 1.30 bits per heavy atom. The van der Waals surface area contributed by atoms with Crippen LogP contribution >= 0.6 is 33.9 Å². The Morgan fingerprint density at radius 2 is 2.06 bits per heavy atom. The number of benzene rings is 1. The highest BCUT2D eigenvalue weighted by molar-refractivity contribution is 14.1. The molecule has 0 aliphatic carbocycles. The van der Waals surface area contributed by atoms with Crippen molar-refractivity contribution in [2.24, 2.45) is 4.99 Å². The number of fused-ring (bicyclic) bond motifs is 1. The molecular formula is C24H23IN2O5S. The fraction of sp³-hybridized carbons (Fsp3) is 0.292. The summed E-state index contributed by atoms with van der Waals surface area (Å²) in [7, 11) is 0. The second kappa shape index (κ2) is 9.68. The lowest BCUT2D eigenvalue weighted by Crippen LogP contribution is -2.40. The van der Waals surface area contributed by atoms with Gasteiger partial charge in [0.05, 0.1) is 28.5 Å². The van der Waals surface area contributed by atoms with Crippen LogP contribution in [-0.4, -0.2) is 23.2 Å². The zero-order valence-electron chi connectivity index (χ0n) is 18.6. The van der Waals surface area contributed by atoms with E-state index in [1.54, 1.807) is 30.6 Å². The molecule has 7 nitrogen and oxygen atoms in total. The van der Waals surface area contributed by atoms with Crippen molar-refractivity contribution >= 4 is 46.0 Å². The van der Waals surface area contributed by atoms with E-state index in [9.17, 15) is 9.59 Å². The summed E-state index contributed by atoms with van der Waals surface area (Å²) in [5.41, 5.74) is 1.27. The number of carbonyl (C=O) groups excluding carboxylic acids is 1. The van der Waals surface area contributed by atoms with Crippen molar-refractivity contribution in [3.05, 3.63) is 82.4 Å². The van der Waals surface area contributed by atoms with Gasteiger partial charge in [0.2, 0.25) is 0 Å². The molecule has 0 saturated heterocycles. The van der Waals surface area contributed by atoms with Gasteiger partial charge < -0.3 is 13.9 Å². The highest BCUT2D eigenvalue weighted by atomic mass is 127. The number of carbonyl (C=O) groups is 1. The molecule has 3 aromatic rings. The van der Waals surface area contributed by atoms with Crippen LogP contribution in [0.1, 0.15) is 45.1 Å². The molecule has 172 valence electrons. The van der Waals surface area contributed by atoms with Gasteiger partial charge in [0.1, 0.15) is 17.6 Å². The minimum Gasteiger partial charge on any atom is -0.491 e. The van der Waals surface area contributed by atoms with Crippen molar-refractivity contribution in [3.8, 4) is 5.75 Å². The van der Waals surface area contributed by atoms with Gasteiger partial charge in [-0.25, -0.2) is 9.79 Å². The molecule has 0 fully saturated rings. The van der Waals surface area contributed by atoms with Gasteiger partial charge in [0.25, 0.3) is 5.56 Å². The van der Waals surface area contributed by atoms with Crippen molar-refractivity contribution < 1.29 is 18.7 Å². The molecule has 3 heterocycles. The third kappa shape index (κ3) is 4.70. The maximum atomic E-state index is 13.6. The van der Waals surface area contributed by atoms with Gasteiger partial charge in [0.15, 0.2) is 8.57 Å². The van der Waals surface area contributed by atoms with Gasteiger partial charge in [-0.15, -0.1) is 0 Å². The van der Waals surface area contributed by atoms with Crippen LogP contribution in [0.3, 0.4) is 0 Å². The Hall–Kier alpha value is -2.66. The van der Waals surface area contributed by atoms with Crippen LogP contribution < -0.4 is 19.6 Å². The van der Waals surface area contributed by atoms with Gasteiger partial charge >= 0.3 is 5.97 Å². The first-order chi connectivity index (χ1) is 15.8. The molecule has 2 aromatic heterocycles. The number of nitrogens with zero attached hydrogens (tertiary/aromatic N) is 2. The molecule has 9 heteroatoms. The standard InChI is InChI=1S/C24H23IN2O5S/c1-5-30-23(29)20-14(4)26-24-27(21(20)16-8-6-7-9-17(16)31-13(2)3)22(28)18(33-24)12-15-10-11-19(25)32-15/h6-13,21H,5H2,1-4H3/b18-12-. The Balaban J connectivity index is 1.98. The molecule has 4 rings (SSSR count). The third-order valence-electron chi connectivity index (χ3n) is 4.96. The van der Waals surface area contributed by atoms with Crippen LogP contribution in [0.2, 0.25) is 0 Å². The van der Waals surface area contributed by atoms with E-state index in [2.05, 4.69) is 27.6 Å². The first-order valence-corrected chi connectivity index (χ1v) is 12.4. The van der Waals surface area contributed by atoms with Gasteiger partial charge in [-0.2, -0.15) is 0 Å². The predicted molar refractivity (Wildman–Crippen MR) is 134 cm³/mol. The van der Waals surface area contributed by atoms with Crippen molar-refractivity contribution in [2.45, 2.75) is 39.8 Å². The summed E-state index contributed by atoms with van der Waals surface area (Å²) < 4.78 is 19.7. The Labute approximate surface area is 208 Å². The number of thiazole rings is 1. The lowest BCUT2D eigenvalue weighted by Gasteiger charge is -2.26. The lowest BCUT2D eigenvalue weighted by molar-refractivity contribution is -0.139. The third-order valence-corrected chi connectivity index (χ3v) is 6.52. The molecule has 33 heavy (non-hydrogen) atoms. The summed E-state index contributed by atoms with van der Waals surface area (Å²) in [5.74, 6) is 0.674. The highest BCUT2D eigenvalue weighted by Gasteiger charge is 2.35. The van der Waals surface area contributed by atoms with E-state index >= 15 is 0 Å². The number of halogens is 1. The molecular weight excluding hydrogens is 555 g/mol. The first kappa shape index (κ1) is 23.5. The van der Waals surface area contributed by atoms with Gasteiger partial charge in [-0.1, -0.05) is 29.5 Å². The average molecular weight is 578 g/mol. The summed E-state index contributed by atoms with van der Waals surface area (Å²) >= 11 is 3.33. The summed E-state index contributed by atoms with van der Waals surface area (Å²) in [4.78, 5) is 31.7. The quantitative estimate of drug-likeness (QED) is 0.329. The molecule has 0 N–H and O–H groups in total. The molecule has 0 saturated carbocycles. The van der Waals surface area contributed by atoms with Crippen LogP contribution in [0, 0.1) is 3.77 Å². The number of rotatable bonds is 6. The fourth-order valence-electron chi connectivity index (χ4n) is 3.69.